The van der Waals surface area contributed by atoms with Crippen LogP contribution in [0.3, 0.4) is 0 Å². The van der Waals surface area contributed by atoms with Gasteiger partial charge < -0.3 is 5.73 Å². The van der Waals surface area contributed by atoms with Crippen LogP contribution in [-0.4, -0.2) is 4.98 Å². The fourth-order valence-electron chi connectivity index (χ4n) is 2.22. The van der Waals surface area contributed by atoms with Gasteiger partial charge in [-0.25, -0.2) is 4.98 Å². The molecule has 3 heteroatoms. The van der Waals surface area contributed by atoms with Crippen molar-refractivity contribution >= 4 is 16.5 Å². The summed E-state index contributed by atoms with van der Waals surface area (Å²) in [4.78, 5) is 5.67. The van der Waals surface area contributed by atoms with Crippen LogP contribution in [0.25, 0.3) is 11.3 Å². The molecule has 0 spiro atoms. The van der Waals surface area contributed by atoms with Gasteiger partial charge in [0.15, 0.2) is 5.13 Å². The summed E-state index contributed by atoms with van der Waals surface area (Å²) in [5.74, 6) is 0. The minimum atomic E-state index is 0.649. The minimum Gasteiger partial charge on any atom is -0.375 e. The molecule has 0 radical (unpaired) electrons. The third-order valence-electron chi connectivity index (χ3n) is 3.42. The van der Waals surface area contributed by atoms with E-state index in [2.05, 4.69) is 45.7 Å². The second kappa shape index (κ2) is 4.15. The van der Waals surface area contributed by atoms with Gasteiger partial charge in [0.2, 0.25) is 0 Å². The minimum absolute atomic E-state index is 0.649. The molecule has 1 heterocycles. The summed E-state index contributed by atoms with van der Waals surface area (Å²) >= 11 is 1.56. The maximum absolute atomic E-state index is 5.80. The molecule has 2 nitrogen and oxygen atoms in total. The topological polar surface area (TPSA) is 38.9 Å². The predicted octanol–water partition coefficient (Wildman–Crippen LogP) is 3.93. The number of nitrogen functional groups attached to an aromatic ring is 1. The van der Waals surface area contributed by atoms with Gasteiger partial charge >= 0.3 is 0 Å². The van der Waals surface area contributed by atoms with Gasteiger partial charge in [-0.05, 0) is 56.9 Å². The smallest absolute Gasteiger partial charge is 0.180 e. The summed E-state index contributed by atoms with van der Waals surface area (Å²) in [7, 11) is 0. The number of rotatable bonds is 1. The second-order valence-electron chi connectivity index (χ2n) is 4.59. The van der Waals surface area contributed by atoms with E-state index in [1.165, 1.54) is 32.7 Å². The van der Waals surface area contributed by atoms with E-state index < -0.39 is 0 Å². The number of aryl methyl sites for hydroxylation is 3. The third-order valence-corrected chi connectivity index (χ3v) is 4.22. The Balaban J connectivity index is 2.79. The zero-order valence-electron chi connectivity index (χ0n) is 11.0. The molecule has 17 heavy (non-hydrogen) atoms. The fourth-order valence-corrected chi connectivity index (χ4v) is 2.92. The van der Waals surface area contributed by atoms with Crippen LogP contribution in [0.1, 0.15) is 27.1 Å². The maximum atomic E-state index is 5.80. The van der Waals surface area contributed by atoms with Crippen molar-refractivity contribution in [1.82, 2.24) is 4.98 Å². The summed E-state index contributed by atoms with van der Waals surface area (Å²) in [6.07, 6.45) is 0. The standard InChI is InChI=1S/C14H18N2S/c1-7-6-8(2)10(4)12(9(7)3)13-11(5)17-14(15)16-13/h6H,1-5H3,(H2,15,16). The molecule has 2 rings (SSSR count). The van der Waals surface area contributed by atoms with Crippen LogP contribution in [0.2, 0.25) is 0 Å². The van der Waals surface area contributed by atoms with Gasteiger partial charge in [-0.2, -0.15) is 0 Å². The highest BCUT2D eigenvalue weighted by Gasteiger charge is 2.15. The van der Waals surface area contributed by atoms with Gasteiger partial charge in [0.05, 0.1) is 5.69 Å². The number of aromatic nitrogens is 1. The van der Waals surface area contributed by atoms with Crippen LogP contribution in [0.15, 0.2) is 6.07 Å². The number of anilines is 1. The Kier molecular flexibility index (Phi) is 2.96. The highest BCUT2D eigenvalue weighted by molar-refractivity contribution is 7.15. The van der Waals surface area contributed by atoms with Crippen molar-refractivity contribution in [2.75, 3.05) is 5.73 Å². The van der Waals surface area contributed by atoms with Crippen LogP contribution in [0, 0.1) is 34.6 Å². The molecule has 0 saturated carbocycles. The molecule has 0 atom stereocenters. The highest BCUT2D eigenvalue weighted by atomic mass is 32.1. The lowest BCUT2D eigenvalue weighted by atomic mass is 9.92. The van der Waals surface area contributed by atoms with Crippen LogP contribution in [0.4, 0.5) is 5.13 Å². The normalized spacial score (nSPS) is 10.9. The number of benzene rings is 1. The predicted molar refractivity (Wildman–Crippen MR) is 75.6 cm³/mol. The molecular formula is C14H18N2S. The Labute approximate surface area is 107 Å². The molecule has 1 aromatic carbocycles. The first-order chi connectivity index (χ1) is 7.91. The van der Waals surface area contributed by atoms with Crippen molar-refractivity contribution < 1.29 is 0 Å². The lowest BCUT2D eigenvalue weighted by molar-refractivity contribution is 1.22. The van der Waals surface area contributed by atoms with E-state index in [-0.39, 0.29) is 0 Å². The summed E-state index contributed by atoms with van der Waals surface area (Å²) in [5, 5.41) is 0.649. The Bertz CT molecular complexity index is 556. The van der Waals surface area contributed by atoms with Crippen molar-refractivity contribution in [2.45, 2.75) is 34.6 Å². The largest absolute Gasteiger partial charge is 0.375 e. The van der Waals surface area contributed by atoms with Crippen molar-refractivity contribution in [2.24, 2.45) is 0 Å². The van der Waals surface area contributed by atoms with Gasteiger partial charge in [-0.15, -0.1) is 11.3 Å². The summed E-state index contributed by atoms with van der Waals surface area (Å²) < 4.78 is 0. The molecule has 0 aliphatic carbocycles. The zero-order chi connectivity index (χ0) is 12.7. The molecule has 2 N–H and O–H groups in total. The van der Waals surface area contributed by atoms with E-state index in [1.54, 1.807) is 11.3 Å². The van der Waals surface area contributed by atoms with Crippen molar-refractivity contribution in [3.05, 3.63) is 33.2 Å². The highest BCUT2D eigenvalue weighted by Crippen LogP contribution is 2.35. The van der Waals surface area contributed by atoms with Gasteiger partial charge in [0.25, 0.3) is 0 Å². The first-order valence-corrected chi connectivity index (χ1v) is 6.54. The quantitative estimate of drug-likeness (QED) is 0.828. The summed E-state index contributed by atoms with van der Waals surface area (Å²) in [6, 6.07) is 2.24. The van der Waals surface area contributed by atoms with Gasteiger partial charge in [0.1, 0.15) is 0 Å². The third kappa shape index (κ3) is 1.95. The van der Waals surface area contributed by atoms with E-state index in [9.17, 15) is 0 Å². The Morgan fingerprint density at radius 2 is 1.53 bits per heavy atom. The van der Waals surface area contributed by atoms with Crippen LogP contribution in [0.5, 0.6) is 0 Å². The van der Waals surface area contributed by atoms with E-state index in [0.717, 1.165) is 5.69 Å². The van der Waals surface area contributed by atoms with Crippen LogP contribution < -0.4 is 5.73 Å². The molecule has 0 aliphatic rings. The number of hydrogen-bond donors (Lipinski definition) is 1. The van der Waals surface area contributed by atoms with E-state index in [4.69, 9.17) is 5.73 Å². The number of thiazole rings is 1. The van der Waals surface area contributed by atoms with Crippen molar-refractivity contribution in [1.29, 1.82) is 0 Å². The first-order valence-electron chi connectivity index (χ1n) is 5.72. The molecule has 0 amide bonds. The lowest BCUT2D eigenvalue weighted by Gasteiger charge is -2.14. The zero-order valence-corrected chi connectivity index (χ0v) is 11.8. The number of nitrogens with zero attached hydrogens (tertiary/aromatic N) is 1. The maximum Gasteiger partial charge on any atom is 0.180 e. The van der Waals surface area contributed by atoms with Gasteiger partial charge in [-0.3, -0.25) is 0 Å². The first kappa shape index (κ1) is 12.1. The molecular weight excluding hydrogens is 228 g/mol. The summed E-state index contributed by atoms with van der Waals surface area (Å²) in [6.45, 7) is 10.7. The number of nitrogens with two attached hydrogens (primary N) is 1. The molecule has 0 bridgehead atoms. The number of hydrogen-bond acceptors (Lipinski definition) is 3. The molecule has 1 aromatic heterocycles. The van der Waals surface area contributed by atoms with E-state index >= 15 is 0 Å². The molecule has 2 aromatic rings. The average Bonchev–Trinajstić information content (AvgIpc) is 2.56. The monoisotopic (exact) mass is 246 g/mol. The van der Waals surface area contributed by atoms with Crippen LogP contribution in [-0.2, 0) is 0 Å². The molecule has 90 valence electrons. The van der Waals surface area contributed by atoms with E-state index in [1.807, 2.05) is 0 Å². The van der Waals surface area contributed by atoms with Crippen molar-refractivity contribution in [3.63, 3.8) is 0 Å². The second-order valence-corrected chi connectivity index (χ2v) is 5.83. The molecule has 0 fully saturated rings. The van der Waals surface area contributed by atoms with Crippen LogP contribution >= 0.6 is 11.3 Å². The Hall–Kier alpha value is -1.35. The lowest BCUT2D eigenvalue weighted by Crippen LogP contribution is -1.96. The fraction of sp³-hybridized carbons (Fsp3) is 0.357. The van der Waals surface area contributed by atoms with Gasteiger partial charge in [0, 0.05) is 10.4 Å². The Morgan fingerprint density at radius 1 is 1.00 bits per heavy atom. The van der Waals surface area contributed by atoms with Gasteiger partial charge in [-0.1, -0.05) is 6.07 Å². The summed E-state index contributed by atoms with van der Waals surface area (Å²) in [5.41, 5.74) is 13.3. The Morgan fingerprint density at radius 3 is 1.94 bits per heavy atom. The molecule has 0 aliphatic heterocycles. The molecule has 0 unspecified atom stereocenters. The SMILES string of the molecule is Cc1cc(C)c(C)c(-c2nc(N)sc2C)c1C. The van der Waals surface area contributed by atoms with Crippen molar-refractivity contribution in [3.8, 4) is 11.3 Å². The molecule has 0 saturated heterocycles. The average molecular weight is 246 g/mol. The van der Waals surface area contributed by atoms with E-state index in [0.29, 0.717) is 5.13 Å².